The third kappa shape index (κ3) is 9.23. The Labute approximate surface area is 381 Å². The Morgan fingerprint density at radius 1 is 0.909 bits per heavy atom. The van der Waals surface area contributed by atoms with Gasteiger partial charge in [-0.2, -0.15) is 10.4 Å². The van der Waals surface area contributed by atoms with Crippen molar-refractivity contribution in [1.82, 2.24) is 24.9 Å². The number of anilines is 2. The number of aromatic nitrogens is 2. The van der Waals surface area contributed by atoms with Gasteiger partial charge in [0.1, 0.15) is 11.4 Å². The Morgan fingerprint density at radius 2 is 1.64 bits per heavy atom. The van der Waals surface area contributed by atoms with Crippen LogP contribution in [-0.2, 0) is 18.4 Å². The van der Waals surface area contributed by atoms with E-state index in [0.717, 1.165) is 37.1 Å². The molecule has 5 aromatic rings. The molecule has 66 heavy (non-hydrogen) atoms. The van der Waals surface area contributed by atoms with Gasteiger partial charge in [-0.3, -0.25) is 34.2 Å². The Balaban J connectivity index is 0.00000192. The minimum atomic E-state index is -1.38. The molecule has 0 saturated carbocycles. The van der Waals surface area contributed by atoms with Gasteiger partial charge in [-0.05, 0) is 92.4 Å². The number of nitrogens with zero attached hydrogens (tertiary/aromatic N) is 7. The molecule has 1 aromatic heterocycles. The van der Waals surface area contributed by atoms with E-state index in [2.05, 4.69) is 15.3 Å². The topological polar surface area (TPSA) is 163 Å². The number of nitrogens with one attached hydrogen (secondary N) is 1. The molecule has 4 aliphatic rings. The summed E-state index contributed by atoms with van der Waals surface area (Å²) in [5.41, 5.74) is 2.45. The van der Waals surface area contributed by atoms with Gasteiger partial charge < -0.3 is 24.0 Å². The molecule has 0 bridgehead atoms. The summed E-state index contributed by atoms with van der Waals surface area (Å²) in [6.07, 6.45) is 2.48. The van der Waals surface area contributed by atoms with Crippen LogP contribution in [0.2, 0.25) is 0 Å². The summed E-state index contributed by atoms with van der Waals surface area (Å²) < 4.78 is 50.5. The lowest BCUT2D eigenvalue weighted by atomic mass is 9.87. The van der Waals surface area contributed by atoms with Gasteiger partial charge in [-0.25, -0.2) is 13.6 Å². The highest BCUT2D eigenvalue weighted by Crippen LogP contribution is 2.39. The molecule has 0 aliphatic carbocycles. The zero-order valence-electron chi connectivity index (χ0n) is 37.4. The number of urea groups is 1. The number of hydrogen-bond acceptors (Lipinski definition) is 11. The molecule has 0 spiro atoms. The minimum absolute atomic E-state index is 0.0167. The van der Waals surface area contributed by atoms with Gasteiger partial charge in [-0.15, -0.1) is 0 Å². The van der Waals surface area contributed by atoms with Crippen molar-refractivity contribution in [2.75, 3.05) is 62.8 Å². The smallest absolute Gasteiger partial charge is 0.329 e. The van der Waals surface area contributed by atoms with Crippen LogP contribution >= 0.6 is 0 Å². The molecule has 4 aliphatic heterocycles. The normalized spacial score (nSPS) is 17.6. The maximum absolute atomic E-state index is 16.5. The van der Waals surface area contributed by atoms with E-state index in [1.54, 1.807) is 55.2 Å². The molecule has 1 N–H and O–H groups in total. The Bertz CT molecular complexity index is 2700. The number of fused-ring (bicyclic) bond motifs is 2. The number of carbonyl (C=O) groups is 4. The van der Waals surface area contributed by atoms with Crippen molar-refractivity contribution in [3.8, 4) is 29.1 Å². The number of benzene rings is 4. The number of piperidine rings is 2. The number of methoxy groups -OCH3 is 1. The quantitative estimate of drug-likeness (QED) is 0.121. The van der Waals surface area contributed by atoms with Crippen LogP contribution < -0.4 is 29.3 Å². The van der Waals surface area contributed by atoms with Crippen LogP contribution in [0.15, 0.2) is 72.8 Å². The van der Waals surface area contributed by atoms with Crippen molar-refractivity contribution in [3.05, 3.63) is 101 Å². The van der Waals surface area contributed by atoms with E-state index < -0.39 is 17.5 Å². The van der Waals surface area contributed by atoms with Crippen LogP contribution in [0.4, 0.5) is 25.1 Å². The zero-order valence-corrected chi connectivity index (χ0v) is 37.4. The van der Waals surface area contributed by atoms with Crippen LogP contribution in [0.3, 0.4) is 0 Å². The summed E-state index contributed by atoms with van der Waals surface area (Å²) in [5.74, 6) is 0.457. The molecule has 3 fully saturated rings. The lowest BCUT2D eigenvalue weighted by molar-refractivity contribution is -0.120. The number of ether oxygens (including phenoxy) is 3. The van der Waals surface area contributed by atoms with Crippen LogP contribution in [0, 0.1) is 17.1 Å². The van der Waals surface area contributed by atoms with E-state index in [1.807, 2.05) is 48.2 Å². The van der Waals surface area contributed by atoms with E-state index in [-0.39, 0.29) is 54.7 Å². The average Bonchev–Trinajstić information content (AvgIpc) is 3.74. The second-order valence-corrected chi connectivity index (χ2v) is 16.9. The Morgan fingerprint density at radius 3 is 2.32 bits per heavy atom. The predicted octanol–water partition coefficient (Wildman–Crippen LogP) is 7.87. The van der Waals surface area contributed by atoms with Crippen molar-refractivity contribution < 1.29 is 42.2 Å². The summed E-state index contributed by atoms with van der Waals surface area (Å²) in [6.45, 7) is 6.68. The van der Waals surface area contributed by atoms with E-state index >= 15 is 8.78 Å². The maximum atomic E-state index is 16.5. The van der Waals surface area contributed by atoms with Gasteiger partial charge in [0.25, 0.3) is 11.8 Å². The molecular weight excluding hydrogens is 851 g/mol. The average molecular weight is 903 g/mol. The third-order valence-electron chi connectivity index (χ3n) is 12.7. The van der Waals surface area contributed by atoms with Gasteiger partial charge in [0.05, 0.1) is 48.7 Å². The highest BCUT2D eigenvalue weighted by molar-refractivity contribution is 6.23. The molecule has 15 nitrogen and oxygen atoms in total. The number of nitriles is 1. The van der Waals surface area contributed by atoms with Gasteiger partial charge >= 0.3 is 6.03 Å². The fraction of sp³-hybridized carbons (Fsp3) is 0.388. The summed E-state index contributed by atoms with van der Waals surface area (Å²) in [4.78, 5) is 58.3. The number of hydrogen-bond donors (Lipinski definition) is 1. The third-order valence-corrected chi connectivity index (χ3v) is 12.7. The van der Waals surface area contributed by atoms with E-state index in [0.29, 0.717) is 84.0 Å². The maximum Gasteiger partial charge on any atom is 0.329 e. The SMILES string of the molecule is CC#N.CCOc1cc(CN2C(=O)c3cccc(N4CCC(F)(CN5CCC(c6ccc(Oc7cc8c(cc7F)c(N7CCC(=O)NC7=O)nn8C)cc6)CC5)CC4)c3C2=O)ccc1OC. The minimum Gasteiger partial charge on any atom is -0.493 e. The van der Waals surface area contributed by atoms with Crippen LogP contribution in [0.5, 0.6) is 23.0 Å². The van der Waals surface area contributed by atoms with Crippen molar-refractivity contribution in [2.45, 2.75) is 64.1 Å². The number of halogens is 2. The van der Waals surface area contributed by atoms with E-state index in [1.165, 1.54) is 22.8 Å². The molecule has 17 heteroatoms. The highest BCUT2D eigenvalue weighted by Gasteiger charge is 2.42. The Kier molecular flexibility index (Phi) is 13.2. The molecule has 0 atom stereocenters. The molecular formula is C49H52F2N8O7. The molecule has 4 aromatic carbocycles. The second-order valence-electron chi connectivity index (χ2n) is 16.9. The van der Waals surface area contributed by atoms with Gasteiger partial charge in [0.15, 0.2) is 28.9 Å². The fourth-order valence-electron chi connectivity index (χ4n) is 9.34. The van der Waals surface area contributed by atoms with Gasteiger partial charge in [-0.1, -0.05) is 24.3 Å². The molecule has 3 saturated heterocycles. The molecule has 9 rings (SSSR count). The monoisotopic (exact) mass is 902 g/mol. The highest BCUT2D eigenvalue weighted by atomic mass is 19.1. The number of imide groups is 2. The summed E-state index contributed by atoms with van der Waals surface area (Å²) in [6, 6.07) is 22.3. The van der Waals surface area contributed by atoms with E-state index in [4.69, 9.17) is 19.5 Å². The van der Waals surface area contributed by atoms with Crippen molar-refractivity contribution in [1.29, 1.82) is 5.26 Å². The molecule has 0 radical (unpaired) electrons. The first-order valence-corrected chi connectivity index (χ1v) is 22.1. The zero-order chi connectivity index (χ0) is 46.7. The molecule has 344 valence electrons. The van der Waals surface area contributed by atoms with Crippen molar-refractivity contribution >= 4 is 46.2 Å². The first-order chi connectivity index (χ1) is 31.8. The number of carbonyl (C=O) groups excluding carboxylic acids is 4. The number of amides is 5. The molecule has 5 heterocycles. The summed E-state index contributed by atoms with van der Waals surface area (Å²) >= 11 is 0. The lowest BCUT2D eigenvalue weighted by Gasteiger charge is -2.42. The molecule has 0 unspecified atom stereocenters. The Hall–Kier alpha value is -7.06. The number of aryl methyl sites for hydroxylation is 1. The van der Waals surface area contributed by atoms with Crippen molar-refractivity contribution in [3.63, 3.8) is 0 Å². The second kappa shape index (κ2) is 19.2. The first kappa shape index (κ1) is 45.5. The number of alkyl halides is 1. The fourth-order valence-corrected chi connectivity index (χ4v) is 9.34. The van der Waals surface area contributed by atoms with Crippen LogP contribution in [0.1, 0.15) is 83.7 Å². The molecule has 5 amide bonds. The predicted molar refractivity (Wildman–Crippen MR) is 242 cm³/mol. The van der Waals surface area contributed by atoms with Gasteiger partial charge in [0.2, 0.25) is 5.91 Å². The lowest BCUT2D eigenvalue weighted by Crippen LogP contribution is -2.50. The van der Waals surface area contributed by atoms with Gasteiger partial charge in [0, 0.05) is 70.9 Å². The largest absolute Gasteiger partial charge is 0.493 e. The van der Waals surface area contributed by atoms with Crippen LogP contribution in [0.25, 0.3) is 10.9 Å². The standard InChI is InChI=1S/C47H49F2N7O7.C2H3N/c1-4-62-40-24-29(8-13-38(40)61-3)27-56-44(58)33-6-5-7-36(42(33)45(56)59)54-22-17-47(49,18-23-54)28-53-19-14-31(15-20-53)30-9-11-32(12-10-30)63-39-26-37-34(25-35(39)48)43(51-52(37)2)55-21-16-41(57)50-46(55)60;1-2-3/h5-13,24-26,31H,4,14-23,27-28H2,1-3H3,(H,50,57,60);1H3. The summed E-state index contributed by atoms with van der Waals surface area (Å²) in [7, 11) is 3.25. The van der Waals surface area contributed by atoms with Crippen LogP contribution in [-0.4, -0.2) is 102 Å². The first-order valence-electron chi connectivity index (χ1n) is 22.1. The number of likely N-dealkylation sites (tertiary alicyclic amines) is 1. The number of rotatable bonds is 12. The summed E-state index contributed by atoms with van der Waals surface area (Å²) in [5, 5.41) is 14.4. The van der Waals surface area contributed by atoms with Crippen molar-refractivity contribution in [2.24, 2.45) is 7.05 Å². The van der Waals surface area contributed by atoms with E-state index in [9.17, 15) is 19.2 Å².